The molecule has 3 aromatic rings. The van der Waals surface area contributed by atoms with Crippen molar-refractivity contribution < 1.29 is 9.53 Å². The number of aromatic nitrogens is 2. The third kappa shape index (κ3) is 5.05. The molecule has 1 aliphatic rings. The summed E-state index contributed by atoms with van der Waals surface area (Å²) in [4.78, 5) is 15.0. The second-order valence-electron chi connectivity index (χ2n) is 7.29. The maximum absolute atomic E-state index is 12.9. The molecule has 1 amide bonds. The molecule has 2 aromatic carbocycles. The van der Waals surface area contributed by atoms with Crippen molar-refractivity contribution in [1.82, 2.24) is 14.7 Å². The van der Waals surface area contributed by atoms with Gasteiger partial charge in [0.2, 0.25) is 0 Å². The van der Waals surface area contributed by atoms with Gasteiger partial charge in [-0.15, -0.1) is 6.58 Å². The third-order valence-electron chi connectivity index (χ3n) is 4.90. The van der Waals surface area contributed by atoms with Gasteiger partial charge in [0.1, 0.15) is 15.8 Å². The topological polar surface area (TPSA) is 47.4 Å². The number of thiocarbonyl (C=S) groups is 1. The number of carbonyl (C=O) groups is 1. The van der Waals surface area contributed by atoms with Crippen LogP contribution in [0, 0.1) is 0 Å². The van der Waals surface area contributed by atoms with Crippen LogP contribution in [0.4, 0.5) is 0 Å². The Bertz CT molecular complexity index is 1240. The number of thioether (sulfide) groups is 1. The van der Waals surface area contributed by atoms with E-state index in [1.165, 1.54) is 16.7 Å². The highest BCUT2D eigenvalue weighted by Crippen LogP contribution is 2.36. The molecule has 0 radical (unpaired) electrons. The van der Waals surface area contributed by atoms with Crippen molar-refractivity contribution in [2.24, 2.45) is 0 Å². The molecular formula is C25H22ClN3O2S2. The van der Waals surface area contributed by atoms with Gasteiger partial charge in [0, 0.05) is 23.9 Å². The van der Waals surface area contributed by atoms with E-state index in [1.54, 1.807) is 10.8 Å². The molecule has 4 rings (SSSR count). The number of carbonyl (C=O) groups excluding carboxylic acids is 1. The fourth-order valence-corrected chi connectivity index (χ4v) is 4.84. The number of halogens is 1. The molecule has 5 nitrogen and oxygen atoms in total. The van der Waals surface area contributed by atoms with Crippen molar-refractivity contribution in [3.63, 3.8) is 0 Å². The Morgan fingerprint density at radius 3 is 2.73 bits per heavy atom. The predicted molar refractivity (Wildman–Crippen MR) is 140 cm³/mol. The fraction of sp³-hybridized carbons (Fsp3) is 0.160. The van der Waals surface area contributed by atoms with E-state index in [1.807, 2.05) is 67.7 Å². The van der Waals surface area contributed by atoms with Gasteiger partial charge in [-0.3, -0.25) is 9.69 Å². The molecule has 1 saturated heterocycles. The van der Waals surface area contributed by atoms with Crippen LogP contribution in [0.5, 0.6) is 5.75 Å². The first-order valence-electron chi connectivity index (χ1n) is 10.5. The number of rotatable bonds is 8. The van der Waals surface area contributed by atoms with E-state index in [0.717, 1.165) is 23.2 Å². The van der Waals surface area contributed by atoms with Crippen molar-refractivity contribution in [3.8, 4) is 22.7 Å². The molecule has 0 saturated carbocycles. The minimum absolute atomic E-state index is 0.135. The summed E-state index contributed by atoms with van der Waals surface area (Å²) in [5.74, 6) is 0.501. The highest BCUT2D eigenvalue weighted by Gasteiger charge is 2.31. The van der Waals surface area contributed by atoms with Gasteiger partial charge >= 0.3 is 0 Å². The Morgan fingerprint density at radius 1 is 1.24 bits per heavy atom. The SMILES string of the molecule is C=CCN1C(=O)C(=Cc2cn(-c3ccccc3)nc2-c2ccc(OCCC)c(Cl)c2)SC1=S. The summed E-state index contributed by atoms with van der Waals surface area (Å²) in [5, 5.41) is 5.33. The van der Waals surface area contributed by atoms with Crippen LogP contribution in [0.25, 0.3) is 23.0 Å². The molecular weight excluding hydrogens is 474 g/mol. The largest absolute Gasteiger partial charge is 0.492 e. The minimum atomic E-state index is -0.135. The molecule has 168 valence electrons. The number of ether oxygens (including phenoxy) is 1. The number of hydrogen-bond acceptors (Lipinski definition) is 5. The molecule has 1 aromatic heterocycles. The molecule has 1 aliphatic heterocycles. The van der Waals surface area contributed by atoms with Crippen LogP contribution in [0.2, 0.25) is 5.02 Å². The molecule has 33 heavy (non-hydrogen) atoms. The number of amides is 1. The summed E-state index contributed by atoms with van der Waals surface area (Å²) < 4.78 is 8.01. The quantitative estimate of drug-likeness (QED) is 0.206. The Labute approximate surface area is 207 Å². The summed E-state index contributed by atoms with van der Waals surface area (Å²) in [5.41, 5.74) is 3.23. The van der Waals surface area contributed by atoms with E-state index >= 15 is 0 Å². The minimum Gasteiger partial charge on any atom is -0.492 e. The first-order chi connectivity index (χ1) is 16.0. The van der Waals surface area contributed by atoms with E-state index in [2.05, 4.69) is 6.58 Å². The van der Waals surface area contributed by atoms with Gasteiger partial charge in [0.15, 0.2) is 0 Å². The molecule has 8 heteroatoms. The Hall–Kier alpha value is -2.87. The van der Waals surface area contributed by atoms with E-state index in [4.69, 9.17) is 33.7 Å². The Kier molecular flexibility index (Phi) is 7.33. The van der Waals surface area contributed by atoms with Crippen LogP contribution >= 0.6 is 35.6 Å². The number of nitrogens with zero attached hydrogens (tertiary/aromatic N) is 3. The Morgan fingerprint density at radius 2 is 2.03 bits per heavy atom. The van der Waals surface area contributed by atoms with Gasteiger partial charge in [-0.2, -0.15) is 5.10 Å². The zero-order valence-corrected chi connectivity index (χ0v) is 20.4. The molecule has 0 bridgehead atoms. The zero-order valence-electron chi connectivity index (χ0n) is 18.0. The van der Waals surface area contributed by atoms with Gasteiger partial charge in [-0.05, 0) is 42.8 Å². The summed E-state index contributed by atoms with van der Waals surface area (Å²) in [6.45, 7) is 6.73. The normalized spacial score (nSPS) is 14.8. The maximum Gasteiger partial charge on any atom is 0.266 e. The van der Waals surface area contributed by atoms with Gasteiger partial charge in [0.25, 0.3) is 5.91 Å². The van der Waals surface area contributed by atoms with Crippen LogP contribution in [-0.2, 0) is 4.79 Å². The van der Waals surface area contributed by atoms with Crippen LogP contribution in [0.15, 0.2) is 72.3 Å². The average Bonchev–Trinajstić information content (AvgIpc) is 3.36. The summed E-state index contributed by atoms with van der Waals surface area (Å²) in [6.07, 6.45) is 6.30. The van der Waals surface area contributed by atoms with E-state index in [0.29, 0.717) is 38.8 Å². The van der Waals surface area contributed by atoms with Crippen LogP contribution in [0.1, 0.15) is 18.9 Å². The smallest absolute Gasteiger partial charge is 0.266 e. The van der Waals surface area contributed by atoms with Gasteiger partial charge < -0.3 is 4.74 Å². The lowest BCUT2D eigenvalue weighted by Crippen LogP contribution is -2.27. The summed E-state index contributed by atoms with van der Waals surface area (Å²) in [6, 6.07) is 15.4. The number of hydrogen-bond donors (Lipinski definition) is 0. The lowest BCUT2D eigenvalue weighted by Gasteiger charge is -2.10. The Balaban J connectivity index is 1.78. The first kappa shape index (κ1) is 23.3. The van der Waals surface area contributed by atoms with Crippen LogP contribution < -0.4 is 4.74 Å². The third-order valence-corrected chi connectivity index (χ3v) is 6.58. The standard InChI is InChI=1S/C25H22ClN3O2S2/c1-3-12-28-24(30)22(33-25(28)32)15-18-16-29(19-8-6-5-7-9-19)27-23(18)17-10-11-21(20(26)14-17)31-13-4-2/h3,5-11,14-16H,1,4,12-13H2,2H3. The monoisotopic (exact) mass is 495 g/mol. The molecule has 0 unspecified atom stereocenters. The van der Waals surface area contributed by atoms with Gasteiger partial charge in [0.05, 0.1) is 22.2 Å². The van der Waals surface area contributed by atoms with Gasteiger partial charge in [-0.1, -0.05) is 66.8 Å². The molecule has 0 atom stereocenters. The highest BCUT2D eigenvalue weighted by atomic mass is 35.5. The fourth-order valence-electron chi connectivity index (χ4n) is 3.34. The van der Waals surface area contributed by atoms with E-state index in [-0.39, 0.29) is 5.91 Å². The van der Waals surface area contributed by atoms with Crippen LogP contribution in [0.3, 0.4) is 0 Å². The van der Waals surface area contributed by atoms with E-state index in [9.17, 15) is 4.79 Å². The molecule has 1 fully saturated rings. The zero-order chi connectivity index (χ0) is 23.4. The maximum atomic E-state index is 12.9. The molecule has 0 aliphatic carbocycles. The van der Waals surface area contributed by atoms with Gasteiger partial charge in [-0.25, -0.2) is 4.68 Å². The predicted octanol–water partition coefficient (Wildman–Crippen LogP) is 6.37. The number of para-hydroxylation sites is 1. The van der Waals surface area contributed by atoms with E-state index < -0.39 is 0 Å². The van der Waals surface area contributed by atoms with Crippen molar-refractivity contribution >= 4 is 51.9 Å². The molecule has 2 heterocycles. The summed E-state index contributed by atoms with van der Waals surface area (Å²) >= 11 is 13.1. The summed E-state index contributed by atoms with van der Waals surface area (Å²) in [7, 11) is 0. The molecule has 0 spiro atoms. The van der Waals surface area contributed by atoms with Crippen molar-refractivity contribution in [1.29, 1.82) is 0 Å². The lowest BCUT2D eigenvalue weighted by molar-refractivity contribution is -0.121. The number of benzene rings is 2. The van der Waals surface area contributed by atoms with Crippen LogP contribution in [-0.4, -0.2) is 38.1 Å². The second kappa shape index (κ2) is 10.4. The lowest BCUT2D eigenvalue weighted by atomic mass is 10.1. The first-order valence-corrected chi connectivity index (χ1v) is 12.1. The molecule has 0 N–H and O–H groups in total. The van der Waals surface area contributed by atoms with Crippen molar-refractivity contribution in [2.45, 2.75) is 13.3 Å². The highest BCUT2D eigenvalue weighted by molar-refractivity contribution is 8.26. The van der Waals surface area contributed by atoms with Crippen molar-refractivity contribution in [3.05, 3.63) is 82.9 Å². The average molecular weight is 496 g/mol. The second-order valence-corrected chi connectivity index (χ2v) is 9.37. The van der Waals surface area contributed by atoms with Crippen molar-refractivity contribution in [2.75, 3.05) is 13.2 Å².